The maximum Gasteiger partial charge on any atom is 0.417 e. The van der Waals surface area contributed by atoms with Crippen molar-refractivity contribution in [1.29, 1.82) is 5.26 Å². The van der Waals surface area contributed by atoms with Gasteiger partial charge in [-0.05, 0) is 48.2 Å². The normalized spacial score (nSPS) is 18.2. The van der Waals surface area contributed by atoms with E-state index in [-0.39, 0.29) is 30.0 Å². The lowest BCUT2D eigenvalue weighted by molar-refractivity contribution is -0.139. The number of aliphatic imine (C=N–C) groups is 1. The number of hydrogen-bond acceptors (Lipinski definition) is 7. The minimum Gasteiger partial charge on any atom is -0.369 e. The molecule has 5 rings (SSSR count). The summed E-state index contributed by atoms with van der Waals surface area (Å²) in [5, 5.41) is 9.03. The fourth-order valence-corrected chi connectivity index (χ4v) is 5.37. The van der Waals surface area contributed by atoms with E-state index in [0.717, 1.165) is 34.1 Å². The van der Waals surface area contributed by atoms with Gasteiger partial charge in [0.2, 0.25) is 5.82 Å². The zero-order chi connectivity index (χ0) is 32.7. The average Bonchev–Trinajstić information content (AvgIpc) is 3.50. The molecule has 2 N–H and O–H groups in total. The Bertz CT molecular complexity index is 1730. The third-order valence-corrected chi connectivity index (χ3v) is 7.51. The van der Waals surface area contributed by atoms with Crippen LogP contribution >= 0.6 is 0 Å². The maximum atomic E-state index is 14.0. The largest absolute Gasteiger partial charge is 0.417 e. The Morgan fingerprint density at radius 1 is 1.07 bits per heavy atom. The highest BCUT2D eigenvalue weighted by Gasteiger charge is 2.49. The summed E-state index contributed by atoms with van der Waals surface area (Å²) in [6, 6.07) is 8.88. The van der Waals surface area contributed by atoms with E-state index in [2.05, 4.69) is 15.0 Å². The molecule has 9 nitrogen and oxygen atoms in total. The summed E-state index contributed by atoms with van der Waals surface area (Å²) in [4.78, 5) is 41.2. The Kier molecular flexibility index (Phi) is 7.98. The summed E-state index contributed by atoms with van der Waals surface area (Å²) in [5.41, 5.74) is 3.07. The van der Waals surface area contributed by atoms with Gasteiger partial charge in [0.15, 0.2) is 11.5 Å². The Morgan fingerprint density at radius 2 is 1.78 bits per heavy atom. The molecule has 45 heavy (non-hydrogen) atoms. The molecule has 0 bridgehead atoms. The third kappa shape index (κ3) is 6.28. The van der Waals surface area contributed by atoms with Crippen LogP contribution in [0, 0.1) is 17.1 Å². The number of nitriles is 1. The molecule has 0 saturated heterocycles. The van der Waals surface area contributed by atoms with Gasteiger partial charge in [-0.2, -0.15) is 31.6 Å². The number of guanidine groups is 1. The highest BCUT2D eigenvalue weighted by Crippen LogP contribution is 2.40. The van der Waals surface area contributed by atoms with Crippen molar-refractivity contribution in [1.82, 2.24) is 19.8 Å². The van der Waals surface area contributed by atoms with E-state index in [1.807, 2.05) is 0 Å². The standard InChI is InChI=1S/C29H22F7N7O2/c30-19-5-3-18(4-6-19)27(8-1-9-28(31,32)33)25(45)43(26(38)41-27)13-16-2-7-21(29(34,35)36)20(10-16)24(44)42-14-17-12-39-23(11-37)40-22(17)15-42/h2-7,10,12H,1,8-9,13-15H2,(H2,38,41)/t27-/m1/s1. The predicted octanol–water partition coefficient (Wildman–Crippen LogP) is 4.95. The molecule has 0 spiro atoms. The number of carbonyl (C=O) groups excluding carboxylic acids is 2. The molecular formula is C29H22F7N7O2. The van der Waals surface area contributed by atoms with Crippen molar-refractivity contribution < 1.29 is 40.3 Å². The van der Waals surface area contributed by atoms with Crippen LogP contribution in [0.3, 0.4) is 0 Å². The molecule has 1 atom stereocenters. The van der Waals surface area contributed by atoms with Crippen molar-refractivity contribution >= 4 is 17.8 Å². The molecular weight excluding hydrogens is 611 g/mol. The van der Waals surface area contributed by atoms with E-state index in [1.54, 1.807) is 6.07 Å². The van der Waals surface area contributed by atoms with Crippen LogP contribution in [-0.4, -0.2) is 43.7 Å². The summed E-state index contributed by atoms with van der Waals surface area (Å²) in [6.45, 7) is -0.745. The number of nitrogens with zero attached hydrogens (tertiary/aromatic N) is 6. The first kappa shape index (κ1) is 31.4. The second kappa shape index (κ2) is 11.5. The summed E-state index contributed by atoms with van der Waals surface area (Å²) in [5.74, 6) is -3.09. The Hall–Kier alpha value is -5.07. The Balaban J connectivity index is 1.45. The highest BCUT2D eigenvalue weighted by molar-refractivity contribution is 6.07. The zero-order valence-corrected chi connectivity index (χ0v) is 23.1. The topological polar surface area (TPSA) is 129 Å². The molecule has 3 aromatic rings. The second-order valence-electron chi connectivity index (χ2n) is 10.5. The van der Waals surface area contributed by atoms with Gasteiger partial charge in [0.1, 0.15) is 11.9 Å². The number of fused-ring (bicyclic) bond motifs is 1. The number of benzene rings is 2. The van der Waals surface area contributed by atoms with Crippen molar-refractivity contribution in [3.63, 3.8) is 0 Å². The molecule has 0 aliphatic carbocycles. The maximum absolute atomic E-state index is 14.0. The number of alkyl halides is 6. The molecule has 0 radical (unpaired) electrons. The lowest BCUT2D eigenvalue weighted by atomic mass is 9.84. The quantitative estimate of drug-likeness (QED) is 0.367. The van der Waals surface area contributed by atoms with Gasteiger partial charge in [-0.3, -0.25) is 14.5 Å². The van der Waals surface area contributed by atoms with Crippen LogP contribution < -0.4 is 5.73 Å². The molecule has 0 unspecified atom stereocenters. The molecule has 2 aliphatic heterocycles. The van der Waals surface area contributed by atoms with Crippen molar-refractivity contribution in [2.45, 2.75) is 56.8 Å². The first-order chi connectivity index (χ1) is 21.1. The monoisotopic (exact) mass is 633 g/mol. The molecule has 2 amide bonds. The molecule has 16 heteroatoms. The highest BCUT2D eigenvalue weighted by atomic mass is 19.4. The van der Waals surface area contributed by atoms with E-state index in [1.165, 1.54) is 18.3 Å². The number of aromatic nitrogens is 2. The average molecular weight is 634 g/mol. The van der Waals surface area contributed by atoms with Crippen molar-refractivity contribution in [2.75, 3.05) is 0 Å². The van der Waals surface area contributed by atoms with Gasteiger partial charge in [0.25, 0.3) is 11.8 Å². The first-order valence-corrected chi connectivity index (χ1v) is 13.4. The number of carbonyl (C=O) groups is 2. The first-order valence-electron chi connectivity index (χ1n) is 13.4. The minimum atomic E-state index is -4.93. The summed E-state index contributed by atoms with van der Waals surface area (Å²) >= 11 is 0. The fourth-order valence-electron chi connectivity index (χ4n) is 5.37. The van der Waals surface area contributed by atoms with Gasteiger partial charge < -0.3 is 10.6 Å². The predicted molar refractivity (Wildman–Crippen MR) is 142 cm³/mol. The number of rotatable bonds is 7. The molecule has 3 heterocycles. The Labute approximate surface area is 250 Å². The lowest BCUT2D eigenvalue weighted by Gasteiger charge is -2.27. The van der Waals surface area contributed by atoms with Gasteiger partial charge >= 0.3 is 12.4 Å². The van der Waals surface area contributed by atoms with E-state index >= 15 is 0 Å². The minimum absolute atomic E-state index is 0.0475. The van der Waals surface area contributed by atoms with Crippen LogP contribution in [0.5, 0.6) is 0 Å². The molecule has 0 saturated carbocycles. The van der Waals surface area contributed by atoms with Crippen LogP contribution in [-0.2, 0) is 36.1 Å². The van der Waals surface area contributed by atoms with Crippen molar-refractivity contribution in [3.8, 4) is 6.07 Å². The lowest BCUT2D eigenvalue weighted by Crippen LogP contribution is -2.42. The molecule has 0 fully saturated rings. The van der Waals surface area contributed by atoms with Crippen LogP contribution in [0.1, 0.15) is 63.4 Å². The van der Waals surface area contributed by atoms with Gasteiger partial charge in [0, 0.05) is 24.7 Å². The molecule has 234 valence electrons. The van der Waals surface area contributed by atoms with Crippen molar-refractivity contribution in [3.05, 3.63) is 93.8 Å². The molecule has 1 aromatic heterocycles. The molecule has 2 aromatic carbocycles. The van der Waals surface area contributed by atoms with Gasteiger partial charge in [-0.25, -0.2) is 19.4 Å². The Morgan fingerprint density at radius 3 is 2.42 bits per heavy atom. The van der Waals surface area contributed by atoms with Crippen LogP contribution in [0.2, 0.25) is 0 Å². The van der Waals surface area contributed by atoms with E-state index in [0.29, 0.717) is 17.3 Å². The van der Waals surface area contributed by atoms with Gasteiger partial charge in [0.05, 0.1) is 29.9 Å². The number of hydrogen-bond donors (Lipinski definition) is 1. The summed E-state index contributed by atoms with van der Waals surface area (Å²) < 4.78 is 94.5. The second-order valence-corrected chi connectivity index (χ2v) is 10.5. The zero-order valence-electron chi connectivity index (χ0n) is 23.1. The van der Waals surface area contributed by atoms with Crippen LogP contribution in [0.25, 0.3) is 0 Å². The summed E-state index contributed by atoms with van der Waals surface area (Å²) in [6.07, 6.45) is -10.3. The van der Waals surface area contributed by atoms with Crippen LogP contribution in [0.4, 0.5) is 30.7 Å². The smallest absolute Gasteiger partial charge is 0.369 e. The van der Waals surface area contributed by atoms with Gasteiger partial charge in [-0.1, -0.05) is 18.2 Å². The van der Waals surface area contributed by atoms with Gasteiger partial charge in [-0.15, -0.1) is 0 Å². The van der Waals surface area contributed by atoms with E-state index in [4.69, 9.17) is 11.0 Å². The molecule has 2 aliphatic rings. The number of amides is 2. The number of nitrogens with two attached hydrogens (primary N) is 1. The SMILES string of the molecule is N#Cc1ncc2c(n1)CN(C(=O)c1cc(CN3C(=O)[C@@](CCCC(F)(F)F)(c4ccc(F)cc4)N=C3N)ccc1C(F)(F)F)C2. The number of halogens is 7. The van der Waals surface area contributed by atoms with Crippen LogP contribution in [0.15, 0.2) is 53.7 Å². The van der Waals surface area contributed by atoms with E-state index in [9.17, 15) is 40.3 Å². The van der Waals surface area contributed by atoms with Crippen molar-refractivity contribution in [2.24, 2.45) is 10.7 Å². The summed E-state index contributed by atoms with van der Waals surface area (Å²) in [7, 11) is 0. The van der Waals surface area contributed by atoms with E-state index < -0.39 is 78.4 Å². The fraction of sp³-hybridized carbons (Fsp3) is 0.310. The third-order valence-electron chi connectivity index (χ3n) is 7.51.